The van der Waals surface area contributed by atoms with Crippen molar-refractivity contribution < 1.29 is 0 Å². The minimum absolute atomic E-state index is 0.0303. The highest BCUT2D eigenvalue weighted by atomic mass is 16.1. The van der Waals surface area contributed by atoms with E-state index in [0.717, 1.165) is 18.5 Å². The van der Waals surface area contributed by atoms with E-state index in [1.165, 1.54) is 0 Å². The highest BCUT2D eigenvalue weighted by Crippen LogP contribution is 2.49. The predicted molar refractivity (Wildman–Crippen MR) is 62.1 cm³/mol. The molecule has 17 heavy (non-hydrogen) atoms. The molecule has 1 aliphatic rings. The first-order chi connectivity index (χ1) is 8.12. The summed E-state index contributed by atoms with van der Waals surface area (Å²) in [6.45, 7) is 2.41. The van der Waals surface area contributed by atoms with Gasteiger partial charge in [-0.3, -0.25) is 4.79 Å². The van der Waals surface area contributed by atoms with Crippen molar-refractivity contribution in [2.75, 3.05) is 0 Å². The third kappa shape index (κ3) is 2.07. The minimum Gasteiger partial charge on any atom is -0.311 e. The summed E-state index contributed by atoms with van der Waals surface area (Å²) in [5.41, 5.74) is 0.746. The molecule has 0 amide bonds. The lowest BCUT2D eigenvalue weighted by Crippen LogP contribution is -2.28. The number of rotatable bonds is 3. The summed E-state index contributed by atoms with van der Waals surface area (Å²) in [5, 5.41) is 17.6. The van der Waals surface area contributed by atoms with E-state index in [1.54, 1.807) is 16.7 Å². The lowest BCUT2D eigenvalue weighted by molar-refractivity contribution is 0.417. The van der Waals surface area contributed by atoms with Gasteiger partial charge in [-0.2, -0.15) is 10.5 Å². The number of aromatic nitrogens is 1. The van der Waals surface area contributed by atoms with Crippen LogP contribution >= 0.6 is 0 Å². The Labute approximate surface area is 99.7 Å². The zero-order valence-electron chi connectivity index (χ0n) is 9.73. The van der Waals surface area contributed by atoms with Crippen LogP contribution in [0, 0.1) is 35.0 Å². The average molecular weight is 227 g/mol. The number of aryl methyl sites for hydroxylation is 1. The second-order valence-corrected chi connectivity index (χ2v) is 4.73. The molecule has 1 aromatic rings. The number of hydrogen-bond donors (Lipinski definition) is 0. The highest BCUT2D eigenvalue weighted by Gasteiger charge is 2.43. The molecule has 0 saturated heterocycles. The summed E-state index contributed by atoms with van der Waals surface area (Å²) in [4.78, 5) is 12.0. The van der Waals surface area contributed by atoms with E-state index in [2.05, 4.69) is 6.07 Å². The summed E-state index contributed by atoms with van der Waals surface area (Å²) < 4.78 is 1.63. The van der Waals surface area contributed by atoms with Crippen molar-refractivity contribution in [1.29, 1.82) is 10.5 Å². The summed E-state index contributed by atoms with van der Waals surface area (Å²) >= 11 is 0. The van der Waals surface area contributed by atoms with Crippen LogP contribution in [0.25, 0.3) is 0 Å². The lowest BCUT2D eigenvalue weighted by atomic mass is 10.0. The molecule has 0 N–H and O–H groups in total. The van der Waals surface area contributed by atoms with Crippen LogP contribution in [0.5, 0.6) is 0 Å². The Kier molecular flexibility index (Phi) is 2.73. The third-order valence-electron chi connectivity index (χ3n) is 3.42. The van der Waals surface area contributed by atoms with E-state index in [4.69, 9.17) is 10.5 Å². The highest BCUT2D eigenvalue weighted by molar-refractivity contribution is 5.27. The van der Waals surface area contributed by atoms with Gasteiger partial charge in [0.2, 0.25) is 0 Å². The first-order valence-corrected chi connectivity index (χ1v) is 5.59. The normalized spacial score (nSPS) is 15.9. The molecule has 2 rings (SSSR count). The topological polar surface area (TPSA) is 69.6 Å². The standard InChI is InChI=1S/C13H13N3O/c1-10-2-3-11(8-15)12(17)16(10)9-13(4-5-13)6-7-14/h2-3H,4-6,9H2,1H3. The van der Waals surface area contributed by atoms with Gasteiger partial charge in [-0.1, -0.05) is 0 Å². The van der Waals surface area contributed by atoms with Gasteiger partial charge in [0.1, 0.15) is 11.6 Å². The molecular formula is C13H13N3O. The van der Waals surface area contributed by atoms with Gasteiger partial charge in [-0.15, -0.1) is 0 Å². The minimum atomic E-state index is -0.239. The van der Waals surface area contributed by atoms with Crippen molar-refractivity contribution in [3.63, 3.8) is 0 Å². The molecule has 1 aliphatic carbocycles. The molecule has 86 valence electrons. The van der Waals surface area contributed by atoms with Gasteiger partial charge in [0, 0.05) is 24.1 Å². The molecule has 1 heterocycles. The van der Waals surface area contributed by atoms with Crippen LogP contribution < -0.4 is 5.56 Å². The van der Waals surface area contributed by atoms with E-state index in [9.17, 15) is 4.79 Å². The zero-order valence-corrected chi connectivity index (χ0v) is 9.73. The number of nitrogens with zero attached hydrogens (tertiary/aromatic N) is 3. The smallest absolute Gasteiger partial charge is 0.268 e. The van der Waals surface area contributed by atoms with Gasteiger partial charge in [0.15, 0.2) is 0 Å². The maximum Gasteiger partial charge on any atom is 0.268 e. The molecule has 1 saturated carbocycles. The number of pyridine rings is 1. The molecule has 4 heteroatoms. The second kappa shape index (κ2) is 4.07. The average Bonchev–Trinajstić information content (AvgIpc) is 3.05. The second-order valence-electron chi connectivity index (χ2n) is 4.73. The summed E-state index contributed by atoms with van der Waals surface area (Å²) in [5.74, 6) is 0. The van der Waals surface area contributed by atoms with Gasteiger partial charge >= 0.3 is 0 Å². The van der Waals surface area contributed by atoms with E-state index in [1.807, 2.05) is 13.0 Å². The molecule has 0 unspecified atom stereocenters. The Balaban J connectivity index is 2.37. The predicted octanol–water partition coefficient (Wildman–Crippen LogP) is 1.72. The van der Waals surface area contributed by atoms with Gasteiger partial charge in [-0.05, 0) is 31.9 Å². The number of hydrogen-bond acceptors (Lipinski definition) is 3. The van der Waals surface area contributed by atoms with E-state index in [0.29, 0.717) is 13.0 Å². The van der Waals surface area contributed by atoms with Crippen LogP contribution in [0.4, 0.5) is 0 Å². The van der Waals surface area contributed by atoms with Gasteiger partial charge in [-0.25, -0.2) is 0 Å². The van der Waals surface area contributed by atoms with Crippen molar-refractivity contribution in [2.45, 2.75) is 32.7 Å². The van der Waals surface area contributed by atoms with Crippen LogP contribution in [0.2, 0.25) is 0 Å². The molecule has 0 spiro atoms. The fraction of sp³-hybridized carbons (Fsp3) is 0.462. The quantitative estimate of drug-likeness (QED) is 0.789. The molecular weight excluding hydrogens is 214 g/mol. The van der Waals surface area contributed by atoms with Crippen LogP contribution in [0.3, 0.4) is 0 Å². The lowest BCUT2D eigenvalue weighted by Gasteiger charge is -2.16. The first kappa shape index (κ1) is 11.4. The molecule has 1 fully saturated rings. The SMILES string of the molecule is Cc1ccc(C#N)c(=O)n1CC1(CC#N)CC1. The monoisotopic (exact) mass is 227 g/mol. The Morgan fingerprint density at radius 1 is 1.41 bits per heavy atom. The van der Waals surface area contributed by atoms with E-state index >= 15 is 0 Å². The molecule has 0 aliphatic heterocycles. The van der Waals surface area contributed by atoms with Crippen LogP contribution in [-0.2, 0) is 6.54 Å². The van der Waals surface area contributed by atoms with Crippen molar-refractivity contribution >= 4 is 0 Å². The third-order valence-corrected chi connectivity index (χ3v) is 3.42. The molecule has 1 aromatic heterocycles. The Bertz CT molecular complexity index is 582. The van der Waals surface area contributed by atoms with Gasteiger partial charge < -0.3 is 4.57 Å². The van der Waals surface area contributed by atoms with Crippen LogP contribution in [-0.4, -0.2) is 4.57 Å². The van der Waals surface area contributed by atoms with Crippen molar-refractivity contribution in [3.05, 3.63) is 33.7 Å². The fourth-order valence-corrected chi connectivity index (χ4v) is 2.02. The molecule has 0 atom stereocenters. The molecule has 4 nitrogen and oxygen atoms in total. The Morgan fingerprint density at radius 2 is 2.12 bits per heavy atom. The van der Waals surface area contributed by atoms with Gasteiger partial charge in [0.25, 0.3) is 5.56 Å². The van der Waals surface area contributed by atoms with Crippen LogP contribution in [0.1, 0.15) is 30.5 Å². The van der Waals surface area contributed by atoms with Crippen molar-refractivity contribution in [2.24, 2.45) is 5.41 Å². The fourth-order valence-electron chi connectivity index (χ4n) is 2.02. The van der Waals surface area contributed by atoms with Crippen LogP contribution in [0.15, 0.2) is 16.9 Å². The Morgan fingerprint density at radius 3 is 2.65 bits per heavy atom. The Hall–Kier alpha value is -2.07. The van der Waals surface area contributed by atoms with Gasteiger partial charge in [0.05, 0.1) is 6.07 Å². The summed E-state index contributed by atoms with van der Waals surface area (Å²) in [7, 11) is 0. The summed E-state index contributed by atoms with van der Waals surface area (Å²) in [6, 6.07) is 7.41. The number of nitriles is 2. The van der Waals surface area contributed by atoms with E-state index < -0.39 is 0 Å². The van der Waals surface area contributed by atoms with Crippen molar-refractivity contribution in [3.8, 4) is 12.1 Å². The van der Waals surface area contributed by atoms with E-state index in [-0.39, 0.29) is 16.5 Å². The first-order valence-electron chi connectivity index (χ1n) is 5.59. The molecule has 0 aromatic carbocycles. The van der Waals surface area contributed by atoms with Crippen molar-refractivity contribution in [1.82, 2.24) is 4.57 Å². The molecule has 0 bridgehead atoms. The maximum atomic E-state index is 12.0. The summed E-state index contributed by atoms with van der Waals surface area (Å²) in [6.07, 6.45) is 2.46. The maximum absolute atomic E-state index is 12.0. The zero-order chi connectivity index (χ0) is 12.5. The largest absolute Gasteiger partial charge is 0.311 e. The molecule has 0 radical (unpaired) electrons.